The smallest absolute Gasteiger partial charge is 0.241 e. The molecule has 0 spiro atoms. The van der Waals surface area contributed by atoms with Crippen molar-refractivity contribution in [2.24, 2.45) is 0 Å². The highest BCUT2D eigenvalue weighted by atomic mass is 32.2. The van der Waals surface area contributed by atoms with E-state index in [-0.39, 0.29) is 18.2 Å². The molecule has 1 aliphatic rings. The van der Waals surface area contributed by atoms with Crippen LogP contribution in [0.15, 0.2) is 24.3 Å². The summed E-state index contributed by atoms with van der Waals surface area (Å²) in [6.45, 7) is 1.98. The van der Waals surface area contributed by atoms with E-state index in [1.165, 1.54) is 16.7 Å². The van der Waals surface area contributed by atoms with Gasteiger partial charge in [-0.25, -0.2) is 0 Å². The van der Waals surface area contributed by atoms with Gasteiger partial charge >= 0.3 is 0 Å². The molecule has 0 saturated carbocycles. The van der Waals surface area contributed by atoms with Crippen LogP contribution in [0.5, 0.6) is 0 Å². The van der Waals surface area contributed by atoms with Crippen molar-refractivity contribution in [1.82, 2.24) is 4.90 Å². The van der Waals surface area contributed by atoms with E-state index in [9.17, 15) is 9.59 Å². The SMILES string of the molecule is Cc1ccc(NC(=O)CC2SC(=S)N(C)C2=O)cc1. The average molecular weight is 294 g/mol. The lowest BCUT2D eigenvalue weighted by atomic mass is 10.2. The number of anilines is 1. The fourth-order valence-corrected chi connectivity index (χ4v) is 3.13. The number of thiocarbonyl (C=S) groups is 1. The molecule has 19 heavy (non-hydrogen) atoms. The quantitative estimate of drug-likeness (QED) is 0.868. The Morgan fingerprint density at radius 3 is 2.58 bits per heavy atom. The van der Waals surface area contributed by atoms with E-state index >= 15 is 0 Å². The first-order chi connectivity index (χ1) is 8.97. The molecule has 2 rings (SSSR count). The molecule has 1 unspecified atom stereocenters. The van der Waals surface area contributed by atoms with E-state index in [0.29, 0.717) is 4.32 Å². The van der Waals surface area contributed by atoms with Gasteiger partial charge in [0.2, 0.25) is 11.8 Å². The summed E-state index contributed by atoms with van der Waals surface area (Å²) in [6.07, 6.45) is 0.141. The zero-order valence-corrected chi connectivity index (χ0v) is 12.3. The minimum absolute atomic E-state index is 0.103. The van der Waals surface area contributed by atoms with Gasteiger partial charge in [0.15, 0.2) is 0 Å². The number of hydrogen-bond donors (Lipinski definition) is 1. The van der Waals surface area contributed by atoms with Crippen molar-refractivity contribution in [2.45, 2.75) is 18.6 Å². The predicted octanol–water partition coefficient (Wildman–Crippen LogP) is 2.18. The van der Waals surface area contributed by atoms with Gasteiger partial charge in [0.1, 0.15) is 4.32 Å². The number of aryl methyl sites for hydroxylation is 1. The first-order valence-corrected chi connectivity index (χ1v) is 7.11. The van der Waals surface area contributed by atoms with Crippen LogP contribution in [0.4, 0.5) is 5.69 Å². The number of carbonyl (C=O) groups excluding carboxylic acids is 2. The average Bonchev–Trinajstić information content (AvgIpc) is 2.60. The molecule has 1 aromatic rings. The molecule has 0 radical (unpaired) electrons. The zero-order chi connectivity index (χ0) is 14.0. The summed E-state index contributed by atoms with van der Waals surface area (Å²) >= 11 is 6.30. The van der Waals surface area contributed by atoms with Crippen LogP contribution in [0.1, 0.15) is 12.0 Å². The van der Waals surface area contributed by atoms with Gasteiger partial charge in [0, 0.05) is 19.2 Å². The number of thioether (sulfide) groups is 1. The molecular weight excluding hydrogens is 280 g/mol. The van der Waals surface area contributed by atoms with E-state index in [1.54, 1.807) is 7.05 Å². The third-order valence-electron chi connectivity index (χ3n) is 2.83. The van der Waals surface area contributed by atoms with Gasteiger partial charge in [0.05, 0.1) is 5.25 Å². The maximum Gasteiger partial charge on any atom is 0.241 e. The number of amides is 2. The lowest BCUT2D eigenvalue weighted by molar-refractivity contribution is -0.127. The van der Waals surface area contributed by atoms with Crippen molar-refractivity contribution >= 4 is 45.8 Å². The van der Waals surface area contributed by atoms with E-state index in [1.807, 2.05) is 31.2 Å². The van der Waals surface area contributed by atoms with Gasteiger partial charge in [-0.1, -0.05) is 41.7 Å². The van der Waals surface area contributed by atoms with Crippen molar-refractivity contribution in [3.63, 3.8) is 0 Å². The molecule has 4 nitrogen and oxygen atoms in total. The highest BCUT2D eigenvalue weighted by molar-refractivity contribution is 8.24. The van der Waals surface area contributed by atoms with Crippen LogP contribution in [-0.4, -0.2) is 33.3 Å². The topological polar surface area (TPSA) is 49.4 Å². The van der Waals surface area contributed by atoms with Gasteiger partial charge < -0.3 is 5.32 Å². The van der Waals surface area contributed by atoms with Crippen molar-refractivity contribution in [1.29, 1.82) is 0 Å². The number of carbonyl (C=O) groups is 2. The van der Waals surface area contributed by atoms with Crippen molar-refractivity contribution in [2.75, 3.05) is 12.4 Å². The predicted molar refractivity (Wildman–Crippen MR) is 81.2 cm³/mol. The summed E-state index contributed by atoms with van der Waals surface area (Å²) in [5.74, 6) is -0.276. The Morgan fingerprint density at radius 1 is 1.42 bits per heavy atom. The largest absolute Gasteiger partial charge is 0.326 e. The molecule has 1 saturated heterocycles. The molecule has 0 aliphatic carbocycles. The third kappa shape index (κ3) is 3.33. The van der Waals surface area contributed by atoms with E-state index < -0.39 is 5.25 Å². The highest BCUT2D eigenvalue weighted by Gasteiger charge is 2.35. The Kier molecular flexibility index (Phi) is 4.21. The molecule has 2 amide bonds. The maximum absolute atomic E-state index is 11.9. The van der Waals surface area contributed by atoms with Crippen LogP contribution in [0.2, 0.25) is 0 Å². The Labute approximate surface area is 121 Å². The molecule has 1 heterocycles. The van der Waals surface area contributed by atoms with E-state index in [0.717, 1.165) is 11.3 Å². The number of hydrogen-bond acceptors (Lipinski definition) is 4. The summed E-state index contributed by atoms with van der Waals surface area (Å²) < 4.78 is 0.526. The molecular formula is C13H14N2O2S2. The molecule has 1 N–H and O–H groups in total. The van der Waals surface area contributed by atoms with E-state index in [2.05, 4.69) is 5.32 Å². The van der Waals surface area contributed by atoms with Crippen LogP contribution in [0.3, 0.4) is 0 Å². The van der Waals surface area contributed by atoms with Gasteiger partial charge in [-0.2, -0.15) is 0 Å². The molecule has 6 heteroatoms. The minimum Gasteiger partial charge on any atom is -0.326 e. The maximum atomic E-state index is 11.9. The Morgan fingerprint density at radius 2 is 2.05 bits per heavy atom. The Bertz CT molecular complexity index is 528. The molecule has 1 aliphatic heterocycles. The van der Waals surface area contributed by atoms with Gasteiger partial charge in [-0.3, -0.25) is 14.5 Å². The Balaban J connectivity index is 1.93. The second kappa shape index (κ2) is 5.71. The molecule has 0 bridgehead atoms. The monoisotopic (exact) mass is 294 g/mol. The number of nitrogens with zero attached hydrogens (tertiary/aromatic N) is 1. The molecule has 0 aromatic heterocycles. The van der Waals surface area contributed by atoms with Crippen LogP contribution in [-0.2, 0) is 9.59 Å². The van der Waals surface area contributed by atoms with Crippen LogP contribution < -0.4 is 5.32 Å². The fourth-order valence-electron chi connectivity index (χ4n) is 1.70. The van der Waals surface area contributed by atoms with Crippen molar-refractivity contribution in [3.05, 3.63) is 29.8 Å². The molecule has 1 aromatic carbocycles. The molecule has 1 atom stereocenters. The molecule has 100 valence electrons. The Hall–Kier alpha value is -1.40. The standard InChI is InChI=1S/C13H14N2O2S2/c1-8-3-5-9(6-4-8)14-11(16)7-10-12(17)15(2)13(18)19-10/h3-6,10H,7H2,1-2H3,(H,14,16). The number of nitrogens with one attached hydrogen (secondary N) is 1. The van der Waals surface area contributed by atoms with Crippen LogP contribution in [0.25, 0.3) is 0 Å². The van der Waals surface area contributed by atoms with Crippen molar-refractivity contribution < 1.29 is 9.59 Å². The summed E-state index contributed by atoms with van der Waals surface area (Å²) in [7, 11) is 1.63. The zero-order valence-electron chi connectivity index (χ0n) is 10.7. The number of rotatable bonds is 3. The highest BCUT2D eigenvalue weighted by Crippen LogP contribution is 2.28. The minimum atomic E-state index is -0.400. The third-order valence-corrected chi connectivity index (χ3v) is 4.52. The number of benzene rings is 1. The normalized spacial score (nSPS) is 18.8. The second-order valence-corrected chi connectivity index (χ2v) is 6.22. The summed E-state index contributed by atoms with van der Waals surface area (Å²) in [6, 6.07) is 7.53. The van der Waals surface area contributed by atoms with E-state index in [4.69, 9.17) is 12.2 Å². The van der Waals surface area contributed by atoms with Gasteiger partial charge in [0.25, 0.3) is 0 Å². The first kappa shape index (κ1) is 14.0. The van der Waals surface area contributed by atoms with Crippen LogP contribution >= 0.6 is 24.0 Å². The summed E-state index contributed by atoms with van der Waals surface area (Å²) in [5, 5.41) is 2.38. The van der Waals surface area contributed by atoms with Crippen LogP contribution in [0, 0.1) is 6.92 Å². The van der Waals surface area contributed by atoms with Gasteiger partial charge in [-0.15, -0.1) is 0 Å². The lowest BCUT2D eigenvalue weighted by Gasteiger charge is -2.09. The second-order valence-electron chi connectivity index (χ2n) is 4.39. The lowest BCUT2D eigenvalue weighted by Crippen LogP contribution is -2.29. The van der Waals surface area contributed by atoms with Crippen molar-refractivity contribution in [3.8, 4) is 0 Å². The first-order valence-electron chi connectivity index (χ1n) is 5.82. The summed E-state index contributed by atoms with van der Waals surface area (Å²) in [5.41, 5.74) is 1.87. The van der Waals surface area contributed by atoms with Gasteiger partial charge in [-0.05, 0) is 19.1 Å². The fraction of sp³-hybridized carbons (Fsp3) is 0.308. The molecule has 1 fully saturated rings. The summed E-state index contributed by atoms with van der Waals surface area (Å²) in [4.78, 5) is 25.1.